The molecule has 130 valence electrons. The summed E-state index contributed by atoms with van der Waals surface area (Å²) >= 11 is 1.43. The zero-order valence-corrected chi connectivity index (χ0v) is 15.0. The molecule has 1 saturated heterocycles. The summed E-state index contributed by atoms with van der Waals surface area (Å²) in [5, 5.41) is 4.97. The molecule has 25 heavy (non-hydrogen) atoms. The second-order valence-electron chi connectivity index (χ2n) is 6.50. The zero-order chi connectivity index (χ0) is 17.6. The van der Waals surface area contributed by atoms with Gasteiger partial charge in [0.25, 0.3) is 11.5 Å². The number of likely N-dealkylation sites (tertiary alicyclic amines) is 1. The topological polar surface area (TPSA) is 83.4 Å². The highest BCUT2D eigenvalue weighted by atomic mass is 32.1. The summed E-state index contributed by atoms with van der Waals surface area (Å²) in [6.07, 6.45) is 1.90. The second kappa shape index (κ2) is 6.11. The summed E-state index contributed by atoms with van der Waals surface area (Å²) in [5.41, 5.74) is 5.09. The standard InChI is InChI=1S/C17H19N5O2S/c1-10-11(2)19-15-6-13(20-22(15)16(10)23)12-4-3-5-21(7-12)17(24)14-8-25-9-18-14/h6,8-9,12,20H,3-5,7H2,1-2H3/t12-/m0/s1. The lowest BCUT2D eigenvalue weighted by Gasteiger charge is -2.31. The van der Waals surface area contributed by atoms with Crippen molar-refractivity contribution in [1.82, 2.24) is 24.5 Å². The fraction of sp³-hybridized carbons (Fsp3) is 0.412. The first-order valence-electron chi connectivity index (χ1n) is 8.31. The smallest absolute Gasteiger partial charge is 0.275 e. The number of nitrogens with zero attached hydrogens (tertiary/aromatic N) is 4. The van der Waals surface area contributed by atoms with E-state index in [1.165, 1.54) is 15.9 Å². The van der Waals surface area contributed by atoms with E-state index >= 15 is 0 Å². The number of carbonyl (C=O) groups excluding carboxylic acids is 1. The molecule has 1 N–H and O–H groups in total. The molecular formula is C17H19N5O2S. The van der Waals surface area contributed by atoms with Gasteiger partial charge in [-0.25, -0.2) is 14.5 Å². The Hall–Kier alpha value is -2.48. The van der Waals surface area contributed by atoms with Crippen molar-refractivity contribution in [3.05, 3.63) is 50.0 Å². The van der Waals surface area contributed by atoms with Gasteiger partial charge < -0.3 is 4.90 Å². The largest absolute Gasteiger partial charge is 0.337 e. The predicted molar refractivity (Wildman–Crippen MR) is 95.3 cm³/mol. The lowest BCUT2D eigenvalue weighted by atomic mass is 9.94. The van der Waals surface area contributed by atoms with Crippen molar-refractivity contribution < 1.29 is 4.79 Å². The molecule has 0 aromatic carbocycles. The van der Waals surface area contributed by atoms with Crippen LogP contribution in [0.25, 0.3) is 5.65 Å². The summed E-state index contributed by atoms with van der Waals surface area (Å²) in [6, 6.07) is 1.93. The van der Waals surface area contributed by atoms with Crippen molar-refractivity contribution in [3.63, 3.8) is 0 Å². The maximum Gasteiger partial charge on any atom is 0.275 e. The van der Waals surface area contributed by atoms with Gasteiger partial charge in [-0.1, -0.05) is 0 Å². The Morgan fingerprint density at radius 3 is 3.00 bits per heavy atom. The van der Waals surface area contributed by atoms with Crippen LogP contribution in [0, 0.1) is 13.8 Å². The summed E-state index contributed by atoms with van der Waals surface area (Å²) < 4.78 is 1.50. The van der Waals surface area contributed by atoms with Crippen LogP contribution in [-0.4, -0.2) is 43.5 Å². The van der Waals surface area contributed by atoms with Gasteiger partial charge in [0.1, 0.15) is 5.69 Å². The Labute approximate surface area is 148 Å². The molecule has 1 aliphatic rings. The van der Waals surface area contributed by atoms with Gasteiger partial charge in [0.15, 0.2) is 5.65 Å². The van der Waals surface area contributed by atoms with Gasteiger partial charge in [0, 0.05) is 47.4 Å². The van der Waals surface area contributed by atoms with Gasteiger partial charge in [-0.2, -0.15) is 0 Å². The van der Waals surface area contributed by atoms with Crippen molar-refractivity contribution >= 4 is 22.9 Å². The van der Waals surface area contributed by atoms with Crippen molar-refractivity contribution in [2.75, 3.05) is 13.1 Å². The third kappa shape index (κ3) is 2.76. The fourth-order valence-corrected chi connectivity index (χ4v) is 3.87. The van der Waals surface area contributed by atoms with E-state index < -0.39 is 0 Å². The van der Waals surface area contributed by atoms with Crippen LogP contribution < -0.4 is 5.56 Å². The average molecular weight is 357 g/mol. The SMILES string of the molecule is Cc1nc2cc([C@H]3CCCN(C(=O)c4cscn4)C3)[nH]n2c(=O)c1C. The van der Waals surface area contributed by atoms with Crippen molar-refractivity contribution in [2.45, 2.75) is 32.6 Å². The minimum atomic E-state index is -0.0695. The number of rotatable bonds is 2. The first-order chi connectivity index (χ1) is 12.0. The van der Waals surface area contributed by atoms with Gasteiger partial charge >= 0.3 is 0 Å². The lowest BCUT2D eigenvalue weighted by molar-refractivity contribution is 0.0700. The van der Waals surface area contributed by atoms with E-state index in [9.17, 15) is 9.59 Å². The minimum Gasteiger partial charge on any atom is -0.337 e. The molecular weight excluding hydrogens is 338 g/mol. The molecule has 3 aromatic heterocycles. The summed E-state index contributed by atoms with van der Waals surface area (Å²) in [5.74, 6) is 0.141. The number of hydrogen-bond donors (Lipinski definition) is 1. The first kappa shape index (κ1) is 16.0. The molecule has 1 fully saturated rings. The average Bonchev–Trinajstić information content (AvgIpc) is 3.29. The number of thiazole rings is 1. The van der Waals surface area contributed by atoms with Crippen LogP contribution in [0.2, 0.25) is 0 Å². The molecule has 1 amide bonds. The minimum absolute atomic E-state index is 0.0240. The Morgan fingerprint density at radius 1 is 1.40 bits per heavy atom. The number of carbonyl (C=O) groups is 1. The number of hydrogen-bond acceptors (Lipinski definition) is 5. The molecule has 0 radical (unpaired) electrons. The molecule has 0 spiro atoms. The van der Waals surface area contributed by atoms with Crippen LogP contribution in [0.15, 0.2) is 21.8 Å². The number of amides is 1. The van der Waals surface area contributed by atoms with E-state index in [4.69, 9.17) is 0 Å². The van der Waals surface area contributed by atoms with Crippen LogP contribution in [0.5, 0.6) is 0 Å². The number of piperidine rings is 1. The molecule has 1 atom stereocenters. The van der Waals surface area contributed by atoms with E-state index in [1.54, 1.807) is 17.8 Å². The van der Waals surface area contributed by atoms with E-state index in [-0.39, 0.29) is 17.4 Å². The molecule has 0 aliphatic carbocycles. The molecule has 0 unspecified atom stereocenters. The molecule has 0 saturated carbocycles. The summed E-state index contributed by atoms with van der Waals surface area (Å²) in [6.45, 7) is 4.99. The van der Waals surface area contributed by atoms with Gasteiger partial charge in [-0.05, 0) is 26.7 Å². The van der Waals surface area contributed by atoms with E-state index in [1.807, 2.05) is 17.9 Å². The molecule has 0 bridgehead atoms. The maximum atomic E-state index is 12.5. The molecule has 4 rings (SSSR count). The molecule has 1 aliphatic heterocycles. The van der Waals surface area contributed by atoms with Crippen LogP contribution in [-0.2, 0) is 0 Å². The van der Waals surface area contributed by atoms with Crippen LogP contribution in [0.1, 0.15) is 46.2 Å². The van der Waals surface area contributed by atoms with Crippen LogP contribution in [0.4, 0.5) is 0 Å². The Morgan fingerprint density at radius 2 is 2.24 bits per heavy atom. The maximum absolute atomic E-state index is 12.5. The number of aryl methyl sites for hydroxylation is 1. The Kier molecular flexibility index (Phi) is 3.91. The highest BCUT2D eigenvalue weighted by Gasteiger charge is 2.27. The number of fused-ring (bicyclic) bond motifs is 1. The Bertz CT molecular complexity index is 989. The van der Waals surface area contributed by atoms with E-state index in [0.717, 1.165) is 30.8 Å². The van der Waals surface area contributed by atoms with Gasteiger partial charge in [0.2, 0.25) is 0 Å². The van der Waals surface area contributed by atoms with Crippen LogP contribution >= 0.6 is 11.3 Å². The highest BCUT2D eigenvalue weighted by molar-refractivity contribution is 7.07. The lowest BCUT2D eigenvalue weighted by Crippen LogP contribution is -2.39. The van der Waals surface area contributed by atoms with Crippen molar-refractivity contribution in [1.29, 1.82) is 0 Å². The zero-order valence-electron chi connectivity index (χ0n) is 14.2. The fourth-order valence-electron chi connectivity index (χ4n) is 3.34. The third-order valence-corrected chi connectivity index (χ3v) is 5.49. The summed E-state index contributed by atoms with van der Waals surface area (Å²) in [7, 11) is 0. The monoisotopic (exact) mass is 357 g/mol. The predicted octanol–water partition coefficient (Wildman–Crippen LogP) is 2.12. The number of aromatic nitrogens is 4. The number of H-pyrrole nitrogens is 1. The van der Waals surface area contributed by atoms with Gasteiger partial charge in [0.05, 0.1) is 5.51 Å². The quantitative estimate of drug-likeness (QED) is 0.761. The van der Waals surface area contributed by atoms with E-state index in [2.05, 4.69) is 15.1 Å². The first-order valence-corrected chi connectivity index (χ1v) is 9.25. The number of nitrogens with one attached hydrogen (secondary N) is 1. The van der Waals surface area contributed by atoms with Gasteiger partial charge in [-0.3, -0.25) is 14.7 Å². The number of aromatic amines is 1. The molecule has 3 aromatic rings. The van der Waals surface area contributed by atoms with E-state index in [0.29, 0.717) is 23.4 Å². The molecule has 8 heteroatoms. The Balaban J connectivity index is 1.63. The normalized spacial score (nSPS) is 18.0. The van der Waals surface area contributed by atoms with Crippen molar-refractivity contribution in [2.24, 2.45) is 0 Å². The van der Waals surface area contributed by atoms with Gasteiger partial charge in [-0.15, -0.1) is 11.3 Å². The third-order valence-electron chi connectivity index (χ3n) is 4.90. The highest BCUT2D eigenvalue weighted by Crippen LogP contribution is 2.27. The second-order valence-corrected chi connectivity index (χ2v) is 7.22. The van der Waals surface area contributed by atoms with Crippen molar-refractivity contribution in [3.8, 4) is 0 Å². The molecule has 7 nitrogen and oxygen atoms in total. The summed E-state index contributed by atoms with van der Waals surface area (Å²) in [4.78, 5) is 35.4. The molecule has 4 heterocycles. The van der Waals surface area contributed by atoms with Crippen LogP contribution in [0.3, 0.4) is 0 Å².